The van der Waals surface area contributed by atoms with Gasteiger partial charge in [0.2, 0.25) is 6.40 Å². The fraction of sp³-hybridized carbons (Fsp3) is 0.818. The van der Waals surface area contributed by atoms with Crippen LogP contribution in [0.1, 0.15) is 0 Å². The van der Waals surface area contributed by atoms with Gasteiger partial charge in [-0.3, -0.25) is 18.8 Å². The molecule has 1 atom stereocenters. The van der Waals surface area contributed by atoms with Crippen molar-refractivity contribution in [2.45, 2.75) is 0 Å². The molecule has 0 aromatic heterocycles. The number of nitrogens with zero attached hydrogens (tertiary/aromatic N) is 2. The highest BCUT2D eigenvalue weighted by Gasteiger charge is 2.03. The number of aliphatic hydroxyl groups excluding tert-OH is 2. The van der Waals surface area contributed by atoms with Crippen LogP contribution in [0.4, 0.5) is 9.59 Å². The van der Waals surface area contributed by atoms with Gasteiger partial charge in [0.1, 0.15) is 5.94 Å². The number of amides is 2. The molecule has 0 aliphatic carbocycles. The number of nitrogens with one attached hydrogen (secondary N) is 2. The van der Waals surface area contributed by atoms with Crippen molar-refractivity contribution in [3.63, 3.8) is 0 Å². The molecule has 0 heterocycles. The largest absolute Gasteiger partial charge is 0.386 e. The lowest BCUT2D eigenvalue weighted by Gasteiger charge is -2.05. The Hall–Kier alpha value is 2.31. The number of hydrogen-bond acceptors (Lipinski definition) is 21. The van der Waals surface area contributed by atoms with Crippen molar-refractivity contribution in [2.24, 2.45) is 9.98 Å². The van der Waals surface area contributed by atoms with Crippen molar-refractivity contribution in [2.75, 3.05) is 101 Å². The zero-order chi connectivity index (χ0) is 33.6. The molecule has 0 spiro atoms. The number of hydrogen-bond donors (Lipinski definition) is 4. The van der Waals surface area contributed by atoms with E-state index in [1.54, 1.807) is 82.3 Å². The summed E-state index contributed by atoms with van der Waals surface area (Å²) in [6.45, 7) is 0. The molecule has 2 amide bonds. The molecular weight excluding hydrogens is 849 g/mol. The molecule has 0 aromatic carbocycles. The minimum absolute atomic E-state index is 0.0186. The number of carbonyl (C=O) groups excluding carboxylic acids is 2. The molecule has 0 aromatic rings. The second kappa shape index (κ2) is 41.7. The molecule has 0 aliphatic rings. The molecule has 0 rings (SSSR count). The Balaban J connectivity index is 3.32. The maximum atomic E-state index is 11.9. The second-order valence-corrected chi connectivity index (χ2v) is 22.5. The quantitative estimate of drug-likeness (QED) is 0.0140. The lowest BCUT2D eigenvalue weighted by atomic mass is 11.0. The normalized spacial score (nSPS) is 12.2. The molecule has 270 valence electrons. The molecule has 24 heteroatoms. The zero-order valence-electron chi connectivity index (χ0n) is 25.0. The Morgan fingerprint density at radius 1 is 0.652 bits per heavy atom. The van der Waals surface area contributed by atoms with Gasteiger partial charge in [0.25, 0.3) is 10.5 Å². The summed E-state index contributed by atoms with van der Waals surface area (Å²) in [6, 6.07) is 0. The first-order valence-electron chi connectivity index (χ1n) is 13.0. The van der Waals surface area contributed by atoms with Gasteiger partial charge >= 0.3 is 0 Å². The van der Waals surface area contributed by atoms with Crippen LogP contribution in [-0.4, -0.2) is 138 Å². The summed E-state index contributed by atoms with van der Waals surface area (Å²) >= 11 is 18.5. The first kappa shape index (κ1) is 48.3. The maximum absolute atomic E-state index is 11.9. The predicted molar refractivity (Wildman–Crippen MR) is 227 cm³/mol. The summed E-state index contributed by atoms with van der Waals surface area (Å²) in [4.78, 5) is 41.9. The number of aliphatic imine (C=N–C) groups is 2. The SMILES string of the molecule is O=C(NCSCCSCN=CS(=O)CSCSCO)SCSCCSCOOC=NCSCCSCNC(=O)SCSCSCO. The van der Waals surface area contributed by atoms with E-state index in [9.17, 15) is 13.8 Å². The Morgan fingerprint density at radius 2 is 1.20 bits per heavy atom. The molecule has 0 bridgehead atoms. The first-order valence-corrected chi connectivity index (χ1v) is 27.9. The van der Waals surface area contributed by atoms with E-state index in [1.807, 2.05) is 0 Å². The number of carbonyl (C=O) groups is 2. The first-order chi connectivity index (χ1) is 22.6. The van der Waals surface area contributed by atoms with Gasteiger partial charge in [0.15, 0.2) is 0 Å². The van der Waals surface area contributed by atoms with Gasteiger partial charge in [0, 0.05) is 54.9 Å². The fourth-order valence-corrected chi connectivity index (χ4v) is 13.5. The summed E-state index contributed by atoms with van der Waals surface area (Å²) in [5.41, 5.74) is 1.49. The van der Waals surface area contributed by atoms with Crippen molar-refractivity contribution in [3.05, 3.63) is 0 Å². The van der Waals surface area contributed by atoms with Crippen LogP contribution < -0.4 is 10.6 Å². The van der Waals surface area contributed by atoms with Crippen LogP contribution in [-0.2, 0) is 20.6 Å². The van der Waals surface area contributed by atoms with Crippen LogP contribution >= 0.6 is 141 Å². The van der Waals surface area contributed by atoms with Crippen molar-refractivity contribution in [1.82, 2.24) is 10.6 Å². The standard InChI is InChI=1S/C22H42N4O7S13/c27-13-40-16-42-19-45-22(30)26-11-36-3-1-34-8-23-7-32-33-15-38-5-6-39-18-44-21(29)25-10-37-4-2-35-9-24-12-46(31)20-43-17-41-14-28/h7,12,27-28H,1-6,8-11,13-20H2,(H,25,29)(H,26,30). The lowest BCUT2D eigenvalue weighted by molar-refractivity contribution is -0.196. The molecule has 0 radical (unpaired) electrons. The molecule has 0 fully saturated rings. The van der Waals surface area contributed by atoms with Crippen LogP contribution in [0, 0.1) is 0 Å². The van der Waals surface area contributed by atoms with E-state index in [4.69, 9.17) is 20.0 Å². The van der Waals surface area contributed by atoms with Gasteiger partial charge in [-0.1, -0.05) is 23.5 Å². The minimum Gasteiger partial charge on any atom is -0.386 e. The van der Waals surface area contributed by atoms with Crippen molar-refractivity contribution < 1.29 is 33.8 Å². The summed E-state index contributed by atoms with van der Waals surface area (Å²) in [6.07, 6.45) is 1.31. The van der Waals surface area contributed by atoms with E-state index in [1.165, 1.54) is 70.8 Å². The smallest absolute Gasteiger partial charge is 0.280 e. The van der Waals surface area contributed by atoms with Crippen molar-refractivity contribution in [3.8, 4) is 0 Å². The van der Waals surface area contributed by atoms with Gasteiger partial charge in [-0.15, -0.1) is 118 Å². The highest BCUT2D eigenvalue weighted by atomic mass is 32.3. The topological polar surface area (TPSA) is 159 Å². The Kier molecular flexibility index (Phi) is 43.8. The summed E-state index contributed by atoms with van der Waals surface area (Å²) in [5.74, 6) is 8.36. The molecule has 0 saturated heterocycles. The van der Waals surface area contributed by atoms with Crippen LogP contribution in [0.2, 0.25) is 0 Å². The predicted octanol–water partition coefficient (Wildman–Crippen LogP) is 6.43. The third kappa shape index (κ3) is 40.7. The Bertz CT molecular complexity index is 799. The van der Waals surface area contributed by atoms with Crippen molar-refractivity contribution in [1.29, 1.82) is 0 Å². The second-order valence-electron chi connectivity index (χ2n) is 7.17. The van der Waals surface area contributed by atoms with Gasteiger partial charge in [0.05, 0.1) is 56.8 Å². The van der Waals surface area contributed by atoms with Gasteiger partial charge in [-0.2, -0.15) is 4.89 Å². The van der Waals surface area contributed by atoms with E-state index >= 15 is 0 Å². The van der Waals surface area contributed by atoms with Gasteiger partial charge in [-0.05, 0) is 0 Å². The van der Waals surface area contributed by atoms with Crippen molar-refractivity contribution >= 4 is 174 Å². The Labute approximate surface area is 326 Å². The molecular formula is C22H42N4O7S13. The molecule has 1 unspecified atom stereocenters. The van der Waals surface area contributed by atoms with E-state index in [2.05, 4.69) is 20.6 Å². The number of rotatable bonds is 34. The summed E-state index contributed by atoms with van der Waals surface area (Å²) < 4.78 is 11.7. The third-order valence-electron chi connectivity index (χ3n) is 3.86. The fourth-order valence-electron chi connectivity index (χ4n) is 2.00. The average molecular weight is 891 g/mol. The number of thioether (sulfide) groups is 12. The summed E-state index contributed by atoms with van der Waals surface area (Å²) in [5, 5.41) is 26.5. The van der Waals surface area contributed by atoms with Gasteiger partial charge < -0.3 is 25.7 Å². The van der Waals surface area contributed by atoms with Crippen LogP contribution in [0.15, 0.2) is 9.98 Å². The van der Waals surface area contributed by atoms with E-state index < -0.39 is 10.8 Å². The maximum Gasteiger partial charge on any atom is 0.280 e. The molecule has 11 nitrogen and oxygen atoms in total. The van der Waals surface area contributed by atoms with Gasteiger partial charge in [-0.25, -0.2) is 4.99 Å². The van der Waals surface area contributed by atoms with Crippen LogP contribution in [0.25, 0.3) is 0 Å². The molecule has 4 N–H and O–H groups in total. The monoisotopic (exact) mass is 890 g/mol. The average Bonchev–Trinajstić information content (AvgIpc) is 3.05. The van der Waals surface area contributed by atoms with Crippen LogP contribution in [0.3, 0.4) is 0 Å². The van der Waals surface area contributed by atoms with E-state index in [-0.39, 0.29) is 22.4 Å². The third-order valence-corrected chi connectivity index (χ3v) is 17.3. The minimum atomic E-state index is -1.07. The highest BCUT2D eigenvalue weighted by molar-refractivity contribution is 8.27. The lowest BCUT2D eigenvalue weighted by Crippen LogP contribution is -2.18. The zero-order valence-corrected chi connectivity index (χ0v) is 35.6. The molecule has 46 heavy (non-hydrogen) atoms. The Morgan fingerprint density at radius 3 is 1.85 bits per heavy atom. The molecule has 0 saturated carbocycles. The number of aliphatic hydroxyl groups is 2. The van der Waals surface area contributed by atoms with E-state index in [0.29, 0.717) is 44.7 Å². The summed E-state index contributed by atoms with van der Waals surface area (Å²) in [7, 11) is -1.07. The molecule has 0 aliphatic heterocycles. The van der Waals surface area contributed by atoms with E-state index in [0.717, 1.165) is 44.7 Å². The van der Waals surface area contributed by atoms with Crippen LogP contribution in [0.5, 0.6) is 0 Å². The highest BCUT2D eigenvalue weighted by Crippen LogP contribution is 2.18.